The third-order valence-corrected chi connectivity index (χ3v) is 6.45. The lowest BCUT2D eigenvalue weighted by Gasteiger charge is -2.15. The molecule has 164 valence electrons. The van der Waals surface area contributed by atoms with E-state index in [-0.39, 0.29) is 0 Å². The molecule has 0 saturated heterocycles. The second-order valence-corrected chi connectivity index (χ2v) is 8.72. The first-order valence-corrected chi connectivity index (χ1v) is 11.6. The number of hydrogen-bond acceptors (Lipinski definition) is 2. The fraction of sp³-hybridized carbons (Fsp3) is 0.0645. The molecular weight excluding hydrogens is 414 g/mol. The molecule has 2 aromatic heterocycles. The molecule has 0 aliphatic carbocycles. The van der Waals surface area contributed by atoms with Crippen molar-refractivity contribution in [3.05, 3.63) is 120 Å². The second kappa shape index (κ2) is 8.20. The van der Waals surface area contributed by atoms with Crippen LogP contribution >= 0.6 is 0 Å². The maximum atomic E-state index is 5.20. The smallest absolute Gasteiger partial charge is 0.0944 e. The molecule has 3 heteroatoms. The van der Waals surface area contributed by atoms with Crippen molar-refractivity contribution in [2.24, 2.45) is 0 Å². The summed E-state index contributed by atoms with van der Waals surface area (Å²) >= 11 is 0. The van der Waals surface area contributed by atoms with E-state index in [1.807, 2.05) is 0 Å². The minimum atomic E-state index is 0.948. The van der Waals surface area contributed by atoms with Gasteiger partial charge in [-0.25, -0.2) is 4.98 Å². The highest BCUT2D eigenvalue weighted by Gasteiger charge is 2.15. The van der Waals surface area contributed by atoms with E-state index < -0.39 is 0 Å². The molecule has 1 N–H and O–H groups in total. The van der Waals surface area contributed by atoms with Crippen LogP contribution in [0.25, 0.3) is 38.9 Å². The van der Waals surface area contributed by atoms with Gasteiger partial charge in [0.2, 0.25) is 0 Å². The van der Waals surface area contributed by atoms with E-state index >= 15 is 0 Å². The topological polar surface area (TPSA) is 29.9 Å². The second-order valence-electron chi connectivity index (χ2n) is 8.72. The van der Waals surface area contributed by atoms with Crippen molar-refractivity contribution in [2.75, 3.05) is 5.32 Å². The van der Waals surface area contributed by atoms with Crippen molar-refractivity contribution in [1.29, 1.82) is 0 Å². The fourth-order valence-electron chi connectivity index (χ4n) is 4.74. The van der Waals surface area contributed by atoms with E-state index in [1.54, 1.807) is 0 Å². The number of benzene rings is 4. The van der Waals surface area contributed by atoms with Gasteiger partial charge < -0.3 is 9.88 Å². The van der Waals surface area contributed by atoms with Crippen LogP contribution in [0.4, 0.5) is 11.4 Å². The van der Waals surface area contributed by atoms with Crippen LogP contribution in [0, 0.1) is 13.8 Å². The summed E-state index contributed by atoms with van der Waals surface area (Å²) in [6.07, 6.45) is 0. The number of fused-ring (bicyclic) bond motifs is 2. The molecule has 4 aromatic carbocycles. The molecule has 0 radical (unpaired) electrons. The van der Waals surface area contributed by atoms with Crippen LogP contribution < -0.4 is 5.32 Å². The first-order chi connectivity index (χ1) is 16.7. The van der Waals surface area contributed by atoms with Crippen LogP contribution in [0.2, 0.25) is 0 Å². The zero-order valence-electron chi connectivity index (χ0n) is 19.3. The third-order valence-electron chi connectivity index (χ3n) is 6.45. The number of aromatic nitrogens is 2. The van der Waals surface area contributed by atoms with Gasteiger partial charge in [0.05, 0.1) is 28.1 Å². The van der Waals surface area contributed by atoms with Crippen LogP contribution in [0.15, 0.2) is 109 Å². The summed E-state index contributed by atoms with van der Waals surface area (Å²) in [6.45, 7) is 4.27. The number of nitrogens with one attached hydrogen (secondary N) is 1. The van der Waals surface area contributed by atoms with Gasteiger partial charge in [-0.05, 0) is 61.4 Å². The van der Waals surface area contributed by atoms with E-state index in [2.05, 4.69) is 133 Å². The molecule has 0 saturated carbocycles. The molecule has 6 rings (SSSR count). The average molecular weight is 440 g/mol. The van der Waals surface area contributed by atoms with Crippen LogP contribution in [-0.4, -0.2) is 9.55 Å². The van der Waals surface area contributed by atoms with Gasteiger partial charge in [-0.1, -0.05) is 72.8 Å². The molecule has 0 spiro atoms. The molecule has 0 aliphatic rings. The highest BCUT2D eigenvalue weighted by Crippen LogP contribution is 2.34. The molecule has 0 amide bonds. The van der Waals surface area contributed by atoms with Crippen molar-refractivity contribution in [3.63, 3.8) is 0 Å². The zero-order valence-corrected chi connectivity index (χ0v) is 19.3. The van der Waals surface area contributed by atoms with Gasteiger partial charge in [-0.3, -0.25) is 0 Å². The Morgan fingerprint density at radius 3 is 2.18 bits per heavy atom. The predicted octanol–water partition coefficient (Wildman–Crippen LogP) is 8.21. The van der Waals surface area contributed by atoms with Crippen molar-refractivity contribution in [2.45, 2.75) is 13.8 Å². The lowest BCUT2D eigenvalue weighted by atomic mass is 10.1. The number of rotatable bonds is 4. The Balaban J connectivity index is 1.55. The summed E-state index contributed by atoms with van der Waals surface area (Å²) in [6, 6.07) is 38.2. The molecule has 2 heterocycles. The lowest BCUT2D eigenvalue weighted by molar-refractivity contribution is 1.12. The minimum Gasteiger partial charge on any atom is -0.353 e. The van der Waals surface area contributed by atoms with Crippen LogP contribution in [0.3, 0.4) is 0 Å². The summed E-state index contributed by atoms with van der Waals surface area (Å²) in [5.74, 6) is 0. The van der Waals surface area contributed by atoms with Crippen molar-refractivity contribution >= 4 is 33.2 Å². The quantitative estimate of drug-likeness (QED) is 0.300. The summed E-state index contributed by atoms with van der Waals surface area (Å²) in [7, 11) is 0. The van der Waals surface area contributed by atoms with Gasteiger partial charge in [-0.15, -0.1) is 0 Å². The standard InChI is InChI=1S/C31H25N3/c1-21-10-8-11-22(2)30(21)33-27-16-9-13-23-18-19-26(32-31(23)27)29-20-24-12-6-7-17-28(24)34(29)25-14-4-3-5-15-25/h3-20,33H,1-2H3. The van der Waals surface area contributed by atoms with Crippen LogP contribution in [0.5, 0.6) is 0 Å². The predicted molar refractivity (Wildman–Crippen MR) is 143 cm³/mol. The zero-order chi connectivity index (χ0) is 23.1. The summed E-state index contributed by atoms with van der Waals surface area (Å²) in [5.41, 5.74) is 9.89. The van der Waals surface area contributed by atoms with Crippen molar-refractivity contribution in [3.8, 4) is 17.1 Å². The Morgan fingerprint density at radius 1 is 0.647 bits per heavy atom. The molecule has 6 aromatic rings. The van der Waals surface area contributed by atoms with Crippen LogP contribution in [-0.2, 0) is 0 Å². The maximum Gasteiger partial charge on any atom is 0.0944 e. The van der Waals surface area contributed by atoms with E-state index in [9.17, 15) is 0 Å². The highest BCUT2D eigenvalue weighted by molar-refractivity contribution is 5.95. The number of nitrogens with zero attached hydrogens (tertiary/aromatic N) is 2. The van der Waals surface area contributed by atoms with E-state index in [0.29, 0.717) is 0 Å². The van der Waals surface area contributed by atoms with Crippen molar-refractivity contribution in [1.82, 2.24) is 9.55 Å². The summed E-state index contributed by atoms with van der Waals surface area (Å²) in [4.78, 5) is 5.20. The number of anilines is 2. The number of pyridine rings is 1. The largest absolute Gasteiger partial charge is 0.353 e. The third kappa shape index (κ3) is 3.43. The Bertz CT molecular complexity index is 1620. The molecule has 0 bridgehead atoms. The first kappa shape index (κ1) is 20.3. The van der Waals surface area contributed by atoms with Crippen molar-refractivity contribution < 1.29 is 0 Å². The highest BCUT2D eigenvalue weighted by atomic mass is 15.0. The Morgan fingerprint density at radius 2 is 1.35 bits per heavy atom. The Labute approximate surface area is 199 Å². The lowest BCUT2D eigenvalue weighted by Crippen LogP contribution is -2.00. The molecule has 34 heavy (non-hydrogen) atoms. The summed E-state index contributed by atoms with van der Waals surface area (Å²) < 4.78 is 2.30. The van der Waals surface area contributed by atoms with Crippen LogP contribution in [0.1, 0.15) is 11.1 Å². The molecule has 3 nitrogen and oxygen atoms in total. The molecule has 0 atom stereocenters. The van der Waals surface area contributed by atoms with Gasteiger partial charge in [0.1, 0.15) is 0 Å². The normalized spacial score (nSPS) is 11.2. The Hall–Kier alpha value is -4.37. The summed E-state index contributed by atoms with van der Waals surface area (Å²) in [5, 5.41) is 5.98. The maximum absolute atomic E-state index is 5.20. The molecule has 0 aliphatic heterocycles. The van der Waals surface area contributed by atoms with E-state index in [4.69, 9.17) is 4.98 Å². The SMILES string of the molecule is Cc1cccc(C)c1Nc1cccc2ccc(-c3cc4ccccc4n3-c3ccccc3)nc12. The number of hydrogen-bond donors (Lipinski definition) is 1. The van der Waals surface area contributed by atoms with Gasteiger partial charge in [-0.2, -0.15) is 0 Å². The fourth-order valence-corrected chi connectivity index (χ4v) is 4.74. The van der Waals surface area contributed by atoms with E-state index in [0.717, 1.165) is 39.4 Å². The van der Waals surface area contributed by atoms with Gasteiger partial charge in [0.25, 0.3) is 0 Å². The van der Waals surface area contributed by atoms with Gasteiger partial charge in [0.15, 0.2) is 0 Å². The first-order valence-electron chi connectivity index (χ1n) is 11.6. The number of aryl methyl sites for hydroxylation is 2. The Kier molecular flexibility index (Phi) is 4.88. The molecule has 0 unspecified atom stereocenters. The van der Waals surface area contributed by atoms with Gasteiger partial charge >= 0.3 is 0 Å². The monoisotopic (exact) mass is 439 g/mol. The van der Waals surface area contributed by atoms with Gasteiger partial charge in [0, 0.05) is 22.1 Å². The van der Waals surface area contributed by atoms with E-state index in [1.165, 1.54) is 22.0 Å². The molecular formula is C31H25N3. The molecule has 0 fully saturated rings. The number of para-hydroxylation sites is 4. The average Bonchev–Trinajstić information content (AvgIpc) is 3.26. The minimum absolute atomic E-state index is 0.948.